The molecule has 5 heteroatoms. The SMILES string of the molecule is COC(=O)[C@@H](N)[C@@H](/C=C/c1ccccc1)Nc1ccc(F)cc1. The van der Waals surface area contributed by atoms with E-state index >= 15 is 0 Å². The van der Waals surface area contributed by atoms with Gasteiger partial charge in [0.15, 0.2) is 0 Å². The van der Waals surface area contributed by atoms with Crippen LogP contribution in [0.3, 0.4) is 0 Å². The second kappa shape index (κ2) is 8.10. The molecule has 0 aliphatic carbocycles. The zero-order valence-corrected chi connectivity index (χ0v) is 12.8. The highest BCUT2D eigenvalue weighted by atomic mass is 19.1. The number of benzene rings is 2. The third-order valence-corrected chi connectivity index (χ3v) is 3.33. The summed E-state index contributed by atoms with van der Waals surface area (Å²) in [5, 5.41) is 3.11. The van der Waals surface area contributed by atoms with Gasteiger partial charge >= 0.3 is 5.97 Å². The Morgan fingerprint density at radius 1 is 1.17 bits per heavy atom. The molecule has 0 saturated heterocycles. The van der Waals surface area contributed by atoms with Crippen molar-refractivity contribution in [2.45, 2.75) is 12.1 Å². The molecule has 0 bridgehead atoms. The summed E-state index contributed by atoms with van der Waals surface area (Å²) in [5.41, 5.74) is 7.59. The van der Waals surface area contributed by atoms with Gasteiger partial charge in [-0.25, -0.2) is 4.39 Å². The first-order valence-electron chi connectivity index (χ1n) is 7.19. The maximum absolute atomic E-state index is 13.0. The molecule has 0 spiro atoms. The molecule has 0 radical (unpaired) electrons. The predicted octanol–water partition coefficient (Wildman–Crippen LogP) is 2.82. The van der Waals surface area contributed by atoms with Gasteiger partial charge in [-0.05, 0) is 29.8 Å². The topological polar surface area (TPSA) is 64.3 Å². The van der Waals surface area contributed by atoms with Gasteiger partial charge in [0.2, 0.25) is 0 Å². The van der Waals surface area contributed by atoms with E-state index in [1.54, 1.807) is 18.2 Å². The number of nitrogens with two attached hydrogens (primary N) is 1. The summed E-state index contributed by atoms with van der Waals surface area (Å²) in [5.74, 6) is -0.855. The largest absolute Gasteiger partial charge is 0.468 e. The fourth-order valence-corrected chi connectivity index (χ4v) is 2.06. The summed E-state index contributed by atoms with van der Waals surface area (Å²) < 4.78 is 17.7. The lowest BCUT2D eigenvalue weighted by Gasteiger charge is -2.21. The van der Waals surface area contributed by atoms with Crippen molar-refractivity contribution in [1.29, 1.82) is 0 Å². The summed E-state index contributed by atoms with van der Waals surface area (Å²) in [6, 6.07) is 14.1. The first kappa shape index (κ1) is 16.7. The van der Waals surface area contributed by atoms with Crippen molar-refractivity contribution in [2.24, 2.45) is 5.73 Å². The molecular weight excluding hydrogens is 295 g/mol. The fraction of sp³-hybridized carbons (Fsp3) is 0.167. The van der Waals surface area contributed by atoms with E-state index in [0.29, 0.717) is 5.69 Å². The summed E-state index contributed by atoms with van der Waals surface area (Å²) in [7, 11) is 1.29. The quantitative estimate of drug-likeness (QED) is 0.805. The van der Waals surface area contributed by atoms with Crippen molar-refractivity contribution in [3.05, 3.63) is 72.1 Å². The van der Waals surface area contributed by atoms with Crippen LogP contribution in [-0.4, -0.2) is 25.2 Å². The molecule has 120 valence electrons. The number of nitrogens with one attached hydrogen (secondary N) is 1. The highest BCUT2D eigenvalue weighted by Gasteiger charge is 2.23. The first-order valence-corrected chi connectivity index (χ1v) is 7.19. The standard InChI is InChI=1S/C18H19FN2O2/c1-23-18(22)17(20)16(12-7-13-5-3-2-4-6-13)21-15-10-8-14(19)9-11-15/h2-12,16-17,21H,20H2,1H3/b12-7+/t16-,17+/m1/s1. The Balaban J connectivity index is 2.19. The van der Waals surface area contributed by atoms with Gasteiger partial charge in [0.05, 0.1) is 13.2 Å². The van der Waals surface area contributed by atoms with Crippen LogP contribution in [0.15, 0.2) is 60.7 Å². The number of hydrogen-bond donors (Lipinski definition) is 2. The molecule has 0 fully saturated rings. The molecular formula is C18H19FN2O2. The van der Waals surface area contributed by atoms with E-state index in [4.69, 9.17) is 10.5 Å². The summed E-state index contributed by atoms with van der Waals surface area (Å²) in [6.45, 7) is 0. The molecule has 2 atom stereocenters. The number of esters is 1. The van der Waals surface area contributed by atoms with Crippen molar-refractivity contribution in [1.82, 2.24) is 0 Å². The highest BCUT2D eigenvalue weighted by molar-refractivity contribution is 5.78. The maximum atomic E-state index is 13.0. The molecule has 0 amide bonds. The number of carbonyl (C=O) groups excluding carboxylic acids is 1. The molecule has 2 aromatic carbocycles. The molecule has 0 saturated carbocycles. The third-order valence-electron chi connectivity index (χ3n) is 3.33. The van der Waals surface area contributed by atoms with E-state index in [-0.39, 0.29) is 5.82 Å². The van der Waals surface area contributed by atoms with Gasteiger partial charge < -0.3 is 15.8 Å². The van der Waals surface area contributed by atoms with Crippen LogP contribution in [0.1, 0.15) is 5.56 Å². The fourth-order valence-electron chi connectivity index (χ4n) is 2.06. The molecule has 3 N–H and O–H groups in total. The average Bonchev–Trinajstić information content (AvgIpc) is 2.59. The Hall–Kier alpha value is -2.66. The van der Waals surface area contributed by atoms with E-state index in [2.05, 4.69) is 5.32 Å². The monoisotopic (exact) mass is 314 g/mol. The number of rotatable bonds is 6. The van der Waals surface area contributed by atoms with Crippen LogP contribution in [0.2, 0.25) is 0 Å². The molecule has 0 aliphatic heterocycles. The zero-order chi connectivity index (χ0) is 16.7. The van der Waals surface area contributed by atoms with Crippen LogP contribution < -0.4 is 11.1 Å². The first-order chi connectivity index (χ1) is 11.1. The number of hydrogen-bond acceptors (Lipinski definition) is 4. The van der Waals surface area contributed by atoms with Crippen molar-refractivity contribution >= 4 is 17.7 Å². The molecule has 2 aromatic rings. The van der Waals surface area contributed by atoms with E-state index in [1.165, 1.54) is 19.2 Å². The lowest BCUT2D eigenvalue weighted by molar-refractivity contribution is -0.142. The molecule has 23 heavy (non-hydrogen) atoms. The van der Waals surface area contributed by atoms with Crippen LogP contribution in [0.4, 0.5) is 10.1 Å². The van der Waals surface area contributed by atoms with Crippen LogP contribution in [0.5, 0.6) is 0 Å². The normalized spacial score (nSPS) is 13.5. The van der Waals surface area contributed by atoms with E-state index < -0.39 is 18.1 Å². The van der Waals surface area contributed by atoms with Gasteiger partial charge in [-0.3, -0.25) is 4.79 Å². The second-order valence-electron chi connectivity index (χ2n) is 5.00. The van der Waals surface area contributed by atoms with E-state index in [0.717, 1.165) is 5.56 Å². The van der Waals surface area contributed by atoms with E-state index in [1.807, 2.05) is 36.4 Å². The molecule has 2 rings (SSSR count). The predicted molar refractivity (Wildman–Crippen MR) is 89.3 cm³/mol. The average molecular weight is 314 g/mol. The smallest absolute Gasteiger partial charge is 0.325 e. The van der Waals surface area contributed by atoms with Gasteiger partial charge in [0.1, 0.15) is 11.9 Å². The number of carbonyl (C=O) groups is 1. The number of anilines is 1. The number of methoxy groups -OCH3 is 1. The van der Waals surface area contributed by atoms with Gasteiger partial charge in [-0.15, -0.1) is 0 Å². The van der Waals surface area contributed by atoms with Crippen molar-refractivity contribution in [2.75, 3.05) is 12.4 Å². The van der Waals surface area contributed by atoms with Crippen LogP contribution in [0.25, 0.3) is 6.08 Å². The summed E-state index contributed by atoms with van der Waals surface area (Å²) in [4.78, 5) is 11.7. The van der Waals surface area contributed by atoms with Crippen LogP contribution in [0, 0.1) is 5.82 Å². The molecule has 0 heterocycles. The Labute approximate surface area is 134 Å². The molecule has 0 aliphatic rings. The second-order valence-corrected chi connectivity index (χ2v) is 5.00. The van der Waals surface area contributed by atoms with Crippen molar-refractivity contribution in [3.8, 4) is 0 Å². The summed E-state index contributed by atoms with van der Waals surface area (Å²) in [6.07, 6.45) is 3.66. The number of halogens is 1. The highest BCUT2D eigenvalue weighted by Crippen LogP contribution is 2.13. The van der Waals surface area contributed by atoms with Crippen LogP contribution in [-0.2, 0) is 9.53 Å². The molecule has 0 aromatic heterocycles. The third kappa shape index (κ3) is 4.93. The Bertz CT molecular complexity index is 656. The Kier molecular flexibility index (Phi) is 5.88. The van der Waals surface area contributed by atoms with Gasteiger partial charge in [-0.2, -0.15) is 0 Å². The molecule has 4 nitrogen and oxygen atoms in total. The van der Waals surface area contributed by atoms with Gasteiger partial charge in [0, 0.05) is 5.69 Å². The minimum absolute atomic E-state index is 0.329. The van der Waals surface area contributed by atoms with Crippen molar-refractivity contribution in [3.63, 3.8) is 0 Å². The Morgan fingerprint density at radius 2 is 1.83 bits per heavy atom. The minimum Gasteiger partial charge on any atom is -0.468 e. The lowest BCUT2D eigenvalue weighted by atomic mass is 10.1. The van der Waals surface area contributed by atoms with Crippen molar-refractivity contribution < 1.29 is 13.9 Å². The minimum atomic E-state index is -0.884. The Morgan fingerprint density at radius 3 is 2.43 bits per heavy atom. The maximum Gasteiger partial charge on any atom is 0.325 e. The lowest BCUT2D eigenvalue weighted by Crippen LogP contribution is -2.45. The van der Waals surface area contributed by atoms with Gasteiger partial charge in [-0.1, -0.05) is 42.5 Å². The van der Waals surface area contributed by atoms with Crippen LogP contribution >= 0.6 is 0 Å². The molecule has 0 unspecified atom stereocenters. The number of ether oxygens (including phenoxy) is 1. The summed E-state index contributed by atoms with van der Waals surface area (Å²) >= 11 is 0. The van der Waals surface area contributed by atoms with Gasteiger partial charge in [0.25, 0.3) is 0 Å². The zero-order valence-electron chi connectivity index (χ0n) is 12.8. The van der Waals surface area contributed by atoms with E-state index in [9.17, 15) is 9.18 Å².